The van der Waals surface area contributed by atoms with Gasteiger partial charge in [-0.05, 0) is 47.9 Å². The van der Waals surface area contributed by atoms with E-state index in [1.165, 1.54) is 42.7 Å². The minimum Gasteiger partial charge on any atom is -0.371 e. The van der Waals surface area contributed by atoms with Gasteiger partial charge in [0, 0.05) is 18.8 Å². The van der Waals surface area contributed by atoms with Gasteiger partial charge in [0.05, 0.1) is 0 Å². The van der Waals surface area contributed by atoms with Gasteiger partial charge in [-0.15, -0.1) is 0 Å². The fraction of sp³-hybridized carbons (Fsp3) is 0.400. The summed E-state index contributed by atoms with van der Waals surface area (Å²) in [6.07, 6.45) is 2.52. The topological polar surface area (TPSA) is 3.24 Å². The Bertz CT molecular complexity index is 548. The summed E-state index contributed by atoms with van der Waals surface area (Å²) >= 11 is 0. The van der Waals surface area contributed by atoms with Crippen LogP contribution in [0.15, 0.2) is 54.6 Å². The van der Waals surface area contributed by atoms with Gasteiger partial charge < -0.3 is 4.90 Å². The molecule has 2 aromatic carbocycles. The van der Waals surface area contributed by atoms with E-state index in [-0.39, 0.29) is 0 Å². The molecule has 3 rings (SSSR count). The second kappa shape index (κ2) is 6.34. The van der Waals surface area contributed by atoms with Gasteiger partial charge in [0.15, 0.2) is 0 Å². The second-order valence-electron chi connectivity index (χ2n) is 6.42. The number of hydrogen-bond donors (Lipinski definition) is 0. The standard InChI is InChI=1S/C20H25N/c1-16(2)17-8-10-18(11-9-17)19-12-14-21(15-13-19)20-6-4-3-5-7-20/h3-11,16,19H,12-15H2,1-2H3. The van der Waals surface area contributed by atoms with Crippen LogP contribution in [-0.2, 0) is 0 Å². The Kier molecular flexibility index (Phi) is 4.28. The van der Waals surface area contributed by atoms with E-state index in [9.17, 15) is 0 Å². The molecule has 1 heterocycles. The monoisotopic (exact) mass is 279 g/mol. The summed E-state index contributed by atoms with van der Waals surface area (Å²) in [4.78, 5) is 2.51. The van der Waals surface area contributed by atoms with Gasteiger partial charge >= 0.3 is 0 Å². The van der Waals surface area contributed by atoms with E-state index in [2.05, 4.69) is 73.3 Å². The fourth-order valence-electron chi connectivity index (χ4n) is 3.26. The quantitative estimate of drug-likeness (QED) is 0.747. The molecule has 2 aromatic rings. The number of hydrogen-bond acceptors (Lipinski definition) is 1. The molecule has 0 amide bonds. The number of rotatable bonds is 3. The van der Waals surface area contributed by atoms with Gasteiger partial charge in [0.2, 0.25) is 0 Å². The van der Waals surface area contributed by atoms with Crippen LogP contribution in [0.1, 0.15) is 49.7 Å². The van der Waals surface area contributed by atoms with Crippen molar-refractivity contribution in [2.75, 3.05) is 18.0 Å². The summed E-state index contributed by atoms with van der Waals surface area (Å²) in [7, 11) is 0. The normalized spacial score (nSPS) is 16.4. The lowest BCUT2D eigenvalue weighted by molar-refractivity contribution is 0.505. The summed E-state index contributed by atoms with van der Waals surface area (Å²) in [5.74, 6) is 1.35. The Morgan fingerprint density at radius 1 is 0.857 bits per heavy atom. The Labute approximate surface area is 128 Å². The Morgan fingerprint density at radius 3 is 2.05 bits per heavy atom. The third kappa shape index (κ3) is 3.29. The zero-order valence-corrected chi connectivity index (χ0v) is 13.1. The summed E-state index contributed by atoms with van der Waals surface area (Å²) in [5.41, 5.74) is 4.33. The molecule has 1 aliphatic heterocycles. The first-order valence-corrected chi connectivity index (χ1v) is 8.14. The molecule has 1 nitrogen and oxygen atoms in total. The Morgan fingerprint density at radius 2 is 1.48 bits per heavy atom. The molecule has 0 spiro atoms. The number of anilines is 1. The van der Waals surface area contributed by atoms with Crippen molar-refractivity contribution in [1.82, 2.24) is 0 Å². The third-order valence-corrected chi connectivity index (χ3v) is 4.69. The molecule has 110 valence electrons. The molecule has 21 heavy (non-hydrogen) atoms. The van der Waals surface area contributed by atoms with Crippen LogP contribution in [0, 0.1) is 0 Å². The van der Waals surface area contributed by atoms with Crippen LogP contribution in [0.4, 0.5) is 5.69 Å². The zero-order chi connectivity index (χ0) is 14.7. The molecule has 0 aromatic heterocycles. The third-order valence-electron chi connectivity index (χ3n) is 4.69. The first-order valence-electron chi connectivity index (χ1n) is 8.14. The second-order valence-corrected chi connectivity index (χ2v) is 6.42. The Balaban J connectivity index is 1.63. The molecule has 0 radical (unpaired) electrons. The zero-order valence-electron chi connectivity index (χ0n) is 13.1. The highest BCUT2D eigenvalue weighted by atomic mass is 15.1. The first kappa shape index (κ1) is 14.2. The van der Waals surface area contributed by atoms with Gasteiger partial charge in [-0.3, -0.25) is 0 Å². The maximum Gasteiger partial charge on any atom is 0.0366 e. The molecule has 0 N–H and O–H groups in total. The molecule has 1 aliphatic rings. The van der Waals surface area contributed by atoms with E-state index in [1.807, 2.05) is 0 Å². The van der Waals surface area contributed by atoms with Crippen LogP contribution in [0.25, 0.3) is 0 Å². The minimum absolute atomic E-state index is 0.624. The smallest absolute Gasteiger partial charge is 0.0366 e. The van der Waals surface area contributed by atoms with Crippen molar-refractivity contribution >= 4 is 5.69 Å². The van der Waals surface area contributed by atoms with Crippen LogP contribution in [0.2, 0.25) is 0 Å². The van der Waals surface area contributed by atoms with E-state index in [4.69, 9.17) is 0 Å². The lowest BCUT2D eigenvalue weighted by atomic mass is 9.88. The van der Waals surface area contributed by atoms with Gasteiger partial charge in [-0.2, -0.15) is 0 Å². The highest BCUT2D eigenvalue weighted by Crippen LogP contribution is 2.31. The molecule has 0 aliphatic carbocycles. The molecule has 1 fully saturated rings. The molecule has 0 saturated carbocycles. The van der Waals surface area contributed by atoms with Crippen LogP contribution in [0.3, 0.4) is 0 Å². The summed E-state index contributed by atoms with van der Waals surface area (Å²) < 4.78 is 0. The van der Waals surface area contributed by atoms with Crippen LogP contribution >= 0.6 is 0 Å². The van der Waals surface area contributed by atoms with Crippen molar-refractivity contribution in [3.8, 4) is 0 Å². The highest BCUT2D eigenvalue weighted by Gasteiger charge is 2.20. The van der Waals surface area contributed by atoms with Gasteiger partial charge in [-0.1, -0.05) is 56.3 Å². The van der Waals surface area contributed by atoms with Gasteiger partial charge in [-0.25, -0.2) is 0 Å². The molecule has 0 atom stereocenters. The van der Waals surface area contributed by atoms with Crippen LogP contribution < -0.4 is 4.90 Å². The lowest BCUT2D eigenvalue weighted by Gasteiger charge is -2.34. The molecule has 0 unspecified atom stereocenters. The highest BCUT2D eigenvalue weighted by molar-refractivity contribution is 5.46. The predicted molar refractivity (Wildman–Crippen MR) is 91.2 cm³/mol. The average Bonchev–Trinajstić information content (AvgIpc) is 2.56. The predicted octanol–water partition coefficient (Wildman–Crippen LogP) is 5.19. The molecule has 0 bridgehead atoms. The van der Waals surface area contributed by atoms with E-state index < -0.39 is 0 Å². The van der Waals surface area contributed by atoms with Gasteiger partial charge in [0.1, 0.15) is 0 Å². The van der Waals surface area contributed by atoms with Gasteiger partial charge in [0.25, 0.3) is 0 Å². The molecule has 1 saturated heterocycles. The molecular weight excluding hydrogens is 254 g/mol. The van der Waals surface area contributed by atoms with Crippen molar-refractivity contribution in [3.63, 3.8) is 0 Å². The van der Waals surface area contributed by atoms with E-state index in [0.29, 0.717) is 5.92 Å². The maximum atomic E-state index is 2.51. The van der Waals surface area contributed by atoms with Crippen molar-refractivity contribution in [2.24, 2.45) is 0 Å². The number of benzene rings is 2. The van der Waals surface area contributed by atoms with Crippen molar-refractivity contribution in [2.45, 2.75) is 38.5 Å². The van der Waals surface area contributed by atoms with E-state index >= 15 is 0 Å². The SMILES string of the molecule is CC(C)c1ccc(C2CCN(c3ccccc3)CC2)cc1. The number of para-hydroxylation sites is 1. The largest absolute Gasteiger partial charge is 0.371 e. The van der Waals surface area contributed by atoms with E-state index in [0.717, 1.165) is 5.92 Å². The van der Waals surface area contributed by atoms with Crippen LogP contribution in [0.5, 0.6) is 0 Å². The van der Waals surface area contributed by atoms with Crippen molar-refractivity contribution < 1.29 is 0 Å². The summed E-state index contributed by atoms with van der Waals surface area (Å²) in [5, 5.41) is 0. The van der Waals surface area contributed by atoms with E-state index in [1.54, 1.807) is 0 Å². The first-order chi connectivity index (χ1) is 10.2. The summed E-state index contributed by atoms with van der Waals surface area (Å²) in [6, 6.07) is 20.1. The number of piperidine rings is 1. The molecule has 1 heteroatoms. The van der Waals surface area contributed by atoms with Crippen molar-refractivity contribution in [1.29, 1.82) is 0 Å². The average molecular weight is 279 g/mol. The number of nitrogens with zero attached hydrogens (tertiary/aromatic N) is 1. The minimum atomic E-state index is 0.624. The fourth-order valence-corrected chi connectivity index (χ4v) is 3.26. The van der Waals surface area contributed by atoms with Crippen LogP contribution in [-0.4, -0.2) is 13.1 Å². The summed E-state index contributed by atoms with van der Waals surface area (Å²) in [6.45, 7) is 6.85. The maximum absolute atomic E-state index is 2.51. The lowest BCUT2D eigenvalue weighted by Crippen LogP contribution is -2.32. The molecular formula is C20H25N. The van der Waals surface area contributed by atoms with Crippen molar-refractivity contribution in [3.05, 3.63) is 65.7 Å². The Hall–Kier alpha value is -1.76.